The fourth-order valence-electron chi connectivity index (χ4n) is 3.01. The van der Waals surface area contributed by atoms with Crippen LogP contribution in [0.4, 0.5) is 11.4 Å². The fourth-order valence-corrected chi connectivity index (χ4v) is 3.01. The lowest BCUT2D eigenvalue weighted by molar-refractivity contribution is -0.123. The van der Waals surface area contributed by atoms with Gasteiger partial charge in [-0.15, -0.1) is 0 Å². The van der Waals surface area contributed by atoms with Crippen molar-refractivity contribution in [1.82, 2.24) is 0 Å². The molecule has 0 bridgehead atoms. The summed E-state index contributed by atoms with van der Waals surface area (Å²) >= 11 is 0. The maximum absolute atomic E-state index is 12.6. The SMILES string of the molecule is Cc1cccc(C)c1NC(=O)CN1C(=O)COc2ccc(C(C)N)cc21. The van der Waals surface area contributed by atoms with Crippen molar-refractivity contribution < 1.29 is 14.3 Å². The van der Waals surface area contributed by atoms with Crippen molar-refractivity contribution in [3.8, 4) is 5.75 Å². The van der Waals surface area contributed by atoms with E-state index >= 15 is 0 Å². The minimum absolute atomic E-state index is 0.0780. The van der Waals surface area contributed by atoms with Crippen LogP contribution in [0.2, 0.25) is 0 Å². The lowest BCUT2D eigenvalue weighted by Gasteiger charge is -2.29. The number of ether oxygens (including phenoxy) is 1. The van der Waals surface area contributed by atoms with E-state index in [1.807, 2.05) is 51.1 Å². The summed E-state index contributed by atoms with van der Waals surface area (Å²) < 4.78 is 5.48. The van der Waals surface area contributed by atoms with E-state index in [9.17, 15) is 9.59 Å². The minimum Gasteiger partial charge on any atom is -0.482 e. The van der Waals surface area contributed by atoms with Crippen LogP contribution in [0.1, 0.15) is 29.7 Å². The number of rotatable bonds is 4. The lowest BCUT2D eigenvalue weighted by atomic mass is 10.1. The van der Waals surface area contributed by atoms with Crippen molar-refractivity contribution in [1.29, 1.82) is 0 Å². The summed E-state index contributed by atoms with van der Waals surface area (Å²) in [5, 5.41) is 2.92. The molecule has 2 amide bonds. The molecule has 6 heteroatoms. The van der Waals surface area contributed by atoms with E-state index in [1.54, 1.807) is 6.07 Å². The quantitative estimate of drug-likeness (QED) is 0.885. The van der Waals surface area contributed by atoms with Crippen molar-refractivity contribution >= 4 is 23.2 Å². The number of hydrogen-bond acceptors (Lipinski definition) is 4. The third-order valence-corrected chi connectivity index (χ3v) is 4.50. The molecular formula is C20H23N3O3. The van der Waals surface area contributed by atoms with Gasteiger partial charge in [-0.3, -0.25) is 14.5 Å². The molecule has 0 spiro atoms. The van der Waals surface area contributed by atoms with Gasteiger partial charge in [-0.1, -0.05) is 24.3 Å². The second-order valence-corrected chi connectivity index (χ2v) is 6.60. The van der Waals surface area contributed by atoms with E-state index < -0.39 is 0 Å². The molecule has 1 unspecified atom stereocenters. The molecule has 2 aromatic carbocycles. The Kier molecular flexibility index (Phi) is 4.95. The first kappa shape index (κ1) is 17.9. The summed E-state index contributed by atoms with van der Waals surface area (Å²) in [7, 11) is 0. The van der Waals surface area contributed by atoms with Crippen molar-refractivity contribution in [3.63, 3.8) is 0 Å². The Labute approximate surface area is 152 Å². The van der Waals surface area contributed by atoms with Crippen molar-refractivity contribution in [3.05, 3.63) is 53.1 Å². The number of benzene rings is 2. The summed E-state index contributed by atoms with van der Waals surface area (Å²) in [6, 6.07) is 11.1. The fraction of sp³-hybridized carbons (Fsp3) is 0.300. The highest BCUT2D eigenvalue weighted by Crippen LogP contribution is 2.34. The number of carbonyl (C=O) groups is 2. The average molecular weight is 353 g/mol. The van der Waals surface area contributed by atoms with Crippen LogP contribution >= 0.6 is 0 Å². The van der Waals surface area contributed by atoms with E-state index in [4.69, 9.17) is 10.5 Å². The molecule has 3 rings (SSSR count). The van der Waals surface area contributed by atoms with Gasteiger partial charge in [0.05, 0.1) is 5.69 Å². The number of para-hydroxylation sites is 1. The zero-order valence-electron chi connectivity index (χ0n) is 15.2. The van der Waals surface area contributed by atoms with Crippen LogP contribution in [0.5, 0.6) is 5.75 Å². The van der Waals surface area contributed by atoms with Crippen molar-refractivity contribution in [2.45, 2.75) is 26.8 Å². The van der Waals surface area contributed by atoms with Crippen LogP contribution < -0.4 is 20.7 Å². The molecule has 1 aliphatic heterocycles. The number of anilines is 2. The molecule has 1 aliphatic rings. The molecule has 0 fully saturated rings. The molecule has 0 aromatic heterocycles. The van der Waals surface area contributed by atoms with Crippen LogP contribution in [-0.4, -0.2) is 25.0 Å². The van der Waals surface area contributed by atoms with Gasteiger partial charge in [-0.2, -0.15) is 0 Å². The van der Waals surface area contributed by atoms with E-state index in [0.717, 1.165) is 22.4 Å². The highest BCUT2D eigenvalue weighted by Gasteiger charge is 2.28. The Bertz CT molecular complexity index is 841. The monoisotopic (exact) mass is 353 g/mol. The number of hydrogen-bond donors (Lipinski definition) is 2. The third kappa shape index (κ3) is 3.55. The summed E-state index contributed by atoms with van der Waals surface area (Å²) in [5.41, 5.74) is 10.1. The number of amides is 2. The zero-order chi connectivity index (χ0) is 18.8. The smallest absolute Gasteiger partial charge is 0.265 e. The third-order valence-electron chi connectivity index (χ3n) is 4.50. The molecule has 26 heavy (non-hydrogen) atoms. The second kappa shape index (κ2) is 7.17. The van der Waals surface area contributed by atoms with E-state index in [1.165, 1.54) is 4.90 Å². The number of nitrogens with zero attached hydrogens (tertiary/aromatic N) is 1. The Morgan fingerprint density at radius 1 is 1.27 bits per heavy atom. The van der Waals surface area contributed by atoms with E-state index in [2.05, 4.69) is 5.32 Å². The predicted octanol–water partition coefficient (Wildman–Crippen LogP) is 2.69. The van der Waals surface area contributed by atoms with Crippen LogP contribution in [0.3, 0.4) is 0 Å². The number of nitrogens with one attached hydrogen (secondary N) is 1. The van der Waals surface area contributed by atoms with Crippen LogP contribution in [-0.2, 0) is 9.59 Å². The standard InChI is InChI=1S/C20H23N3O3/c1-12-5-4-6-13(2)20(12)22-18(24)10-23-16-9-15(14(3)21)7-8-17(16)26-11-19(23)25/h4-9,14H,10-11,21H2,1-3H3,(H,22,24). The van der Waals surface area contributed by atoms with Crippen molar-refractivity contribution in [2.24, 2.45) is 5.73 Å². The zero-order valence-corrected chi connectivity index (χ0v) is 15.2. The van der Waals surface area contributed by atoms with E-state index in [-0.39, 0.29) is 31.0 Å². The maximum Gasteiger partial charge on any atom is 0.265 e. The Hall–Kier alpha value is -2.86. The van der Waals surface area contributed by atoms with Gasteiger partial charge < -0.3 is 15.8 Å². The predicted molar refractivity (Wildman–Crippen MR) is 101 cm³/mol. The Balaban J connectivity index is 1.84. The minimum atomic E-state index is -0.255. The molecule has 3 N–H and O–H groups in total. The highest BCUT2D eigenvalue weighted by atomic mass is 16.5. The first-order chi connectivity index (χ1) is 12.4. The Morgan fingerprint density at radius 2 is 1.96 bits per heavy atom. The van der Waals surface area contributed by atoms with Gasteiger partial charge in [0.1, 0.15) is 12.3 Å². The van der Waals surface area contributed by atoms with Gasteiger partial charge in [0.15, 0.2) is 6.61 Å². The second-order valence-electron chi connectivity index (χ2n) is 6.60. The molecule has 2 aromatic rings. The largest absolute Gasteiger partial charge is 0.482 e. The van der Waals surface area contributed by atoms with Gasteiger partial charge in [0, 0.05) is 11.7 Å². The van der Waals surface area contributed by atoms with Gasteiger partial charge in [-0.25, -0.2) is 0 Å². The average Bonchev–Trinajstić information content (AvgIpc) is 2.60. The van der Waals surface area contributed by atoms with Crippen LogP contribution in [0.15, 0.2) is 36.4 Å². The first-order valence-electron chi connectivity index (χ1n) is 8.55. The topological polar surface area (TPSA) is 84.7 Å². The van der Waals surface area contributed by atoms with Crippen LogP contribution in [0.25, 0.3) is 0 Å². The van der Waals surface area contributed by atoms with E-state index in [0.29, 0.717) is 11.4 Å². The molecule has 1 heterocycles. The van der Waals surface area contributed by atoms with Gasteiger partial charge >= 0.3 is 0 Å². The van der Waals surface area contributed by atoms with Gasteiger partial charge in [0.25, 0.3) is 5.91 Å². The maximum atomic E-state index is 12.6. The lowest BCUT2D eigenvalue weighted by Crippen LogP contribution is -2.43. The molecule has 0 saturated heterocycles. The molecule has 1 atom stereocenters. The number of fused-ring (bicyclic) bond motifs is 1. The molecule has 0 radical (unpaired) electrons. The molecular weight excluding hydrogens is 330 g/mol. The van der Waals surface area contributed by atoms with Crippen molar-refractivity contribution in [2.75, 3.05) is 23.4 Å². The Morgan fingerprint density at radius 3 is 2.62 bits per heavy atom. The summed E-state index contributed by atoms with van der Waals surface area (Å²) in [5.74, 6) is 0.0691. The van der Waals surface area contributed by atoms with Gasteiger partial charge in [-0.05, 0) is 49.6 Å². The molecule has 0 saturated carbocycles. The molecule has 136 valence electrons. The summed E-state index contributed by atoms with van der Waals surface area (Å²) in [6.45, 7) is 5.58. The summed E-state index contributed by atoms with van der Waals surface area (Å²) in [4.78, 5) is 26.4. The highest BCUT2D eigenvalue weighted by molar-refractivity contribution is 6.05. The number of aryl methyl sites for hydroxylation is 2. The molecule has 0 aliphatic carbocycles. The molecule has 6 nitrogen and oxygen atoms in total. The number of nitrogens with two attached hydrogens (primary N) is 1. The van der Waals surface area contributed by atoms with Crippen LogP contribution in [0, 0.1) is 13.8 Å². The first-order valence-corrected chi connectivity index (χ1v) is 8.55. The number of carbonyl (C=O) groups excluding carboxylic acids is 2. The van der Waals surface area contributed by atoms with Gasteiger partial charge in [0.2, 0.25) is 5.91 Å². The normalized spacial score (nSPS) is 14.5. The summed E-state index contributed by atoms with van der Waals surface area (Å²) in [6.07, 6.45) is 0.